The van der Waals surface area contributed by atoms with Gasteiger partial charge in [-0.3, -0.25) is 10.4 Å². The third-order valence-electron chi connectivity index (χ3n) is 3.28. The molecule has 0 fully saturated rings. The van der Waals surface area contributed by atoms with E-state index in [9.17, 15) is 8.42 Å². The van der Waals surface area contributed by atoms with Gasteiger partial charge in [-0.2, -0.15) is 0 Å². The van der Waals surface area contributed by atoms with E-state index in [0.717, 1.165) is 5.69 Å². The Labute approximate surface area is 148 Å². The van der Waals surface area contributed by atoms with Crippen molar-refractivity contribution in [2.45, 2.75) is 4.90 Å². The highest BCUT2D eigenvalue weighted by atomic mass is 32.2. The van der Waals surface area contributed by atoms with Crippen LogP contribution in [0.4, 0.5) is 11.4 Å². The summed E-state index contributed by atoms with van der Waals surface area (Å²) in [5, 5.41) is 5.13. The molecule has 8 heteroatoms. The Morgan fingerprint density at radius 1 is 1.00 bits per heavy atom. The number of nitrogens with zero attached hydrogens (tertiary/aromatic N) is 2. The lowest BCUT2D eigenvalue weighted by Gasteiger charge is -2.22. The molecule has 0 saturated heterocycles. The third kappa shape index (κ3) is 4.44. The maximum absolute atomic E-state index is 12.2. The summed E-state index contributed by atoms with van der Waals surface area (Å²) in [6.45, 7) is 0. The molecule has 2 N–H and O–H groups in total. The van der Waals surface area contributed by atoms with Gasteiger partial charge in [0.25, 0.3) is 0 Å². The van der Waals surface area contributed by atoms with Crippen LogP contribution in [0, 0.1) is 0 Å². The van der Waals surface area contributed by atoms with Gasteiger partial charge in [0.05, 0.1) is 10.6 Å². The van der Waals surface area contributed by atoms with Crippen LogP contribution >= 0.6 is 12.2 Å². The van der Waals surface area contributed by atoms with Gasteiger partial charge in [0.15, 0.2) is 5.11 Å². The van der Waals surface area contributed by atoms with Crippen molar-refractivity contribution in [3.8, 4) is 0 Å². The van der Waals surface area contributed by atoms with Crippen molar-refractivity contribution in [2.24, 2.45) is 0 Å². The van der Waals surface area contributed by atoms with Gasteiger partial charge in [0.2, 0.25) is 10.0 Å². The van der Waals surface area contributed by atoms with Crippen molar-refractivity contribution in [1.82, 2.24) is 9.73 Å². The minimum Gasteiger partial charge on any atom is -0.331 e. The topological polar surface area (TPSA) is 64.7 Å². The minimum absolute atomic E-state index is 0.205. The summed E-state index contributed by atoms with van der Waals surface area (Å²) in [5.41, 5.74) is 4.56. The predicted molar refractivity (Wildman–Crippen MR) is 102 cm³/mol. The zero-order valence-corrected chi connectivity index (χ0v) is 15.4. The summed E-state index contributed by atoms with van der Waals surface area (Å²) >= 11 is 5.28. The maximum atomic E-state index is 12.2. The fourth-order valence-corrected chi connectivity index (χ4v) is 3.18. The van der Waals surface area contributed by atoms with E-state index in [4.69, 9.17) is 12.2 Å². The van der Waals surface area contributed by atoms with Crippen molar-refractivity contribution < 1.29 is 8.42 Å². The Kier molecular flexibility index (Phi) is 5.76. The van der Waals surface area contributed by atoms with Crippen LogP contribution in [0.15, 0.2) is 59.5 Å². The second-order valence-electron chi connectivity index (χ2n) is 5.28. The van der Waals surface area contributed by atoms with E-state index in [1.165, 1.54) is 18.4 Å². The lowest BCUT2D eigenvalue weighted by molar-refractivity contribution is 0.521. The van der Waals surface area contributed by atoms with Crippen molar-refractivity contribution >= 4 is 38.7 Å². The van der Waals surface area contributed by atoms with Gasteiger partial charge in [-0.25, -0.2) is 12.7 Å². The molecule has 2 aromatic carbocycles. The number of thiocarbonyl (C=S) groups is 1. The molecule has 2 rings (SSSR count). The summed E-state index contributed by atoms with van der Waals surface area (Å²) < 4.78 is 25.5. The molecular formula is C16H20N4O2S2. The molecule has 0 spiro atoms. The number of para-hydroxylation sites is 1. The van der Waals surface area contributed by atoms with Crippen LogP contribution in [0.2, 0.25) is 0 Å². The molecule has 0 aromatic heterocycles. The summed E-state index contributed by atoms with van der Waals surface area (Å²) in [7, 11) is 1.35. The van der Waals surface area contributed by atoms with Crippen LogP contribution in [-0.4, -0.2) is 39.0 Å². The SMILES string of the molecule is CN(NC(=S)Nc1cccc(S(=O)(=O)N(C)C)c1)c1ccccc1. The third-order valence-corrected chi connectivity index (χ3v) is 5.29. The highest BCUT2D eigenvalue weighted by Crippen LogP contribution is 2.18. The van der Waals surface area contributed by atoms with E-state index in [2.05, 4.69) is 10.7 Å². The quantitative estimate of drug-likeness (QED) is 0.627. The Balaban J connectivity index is 2.07. The zero-order valence-electron chi connectivity index (χ0n) is 13.7. The van der Waals surface area contributed by atoms with Crippen molar-refractivity contribution in [3.05, 3.63) is 54.6 Å². The smallest absolute Gasteiger partial charge is 0.242 e. The lowest BCUT2D eigenvalue weighted by Crippen LogP contribution is -2.41. The number of nitrogens with one attached hydrogen (secondary N) is 2. The first-order chi connectivity index (χ1) is 11.3. The first kappa shape index (κ1) is 18.2. The molecule has 6 nitrogen and oxygen atoms in total. The molecule has 2 aromatic rings. The maximum Gasteiger partial charge on any atom is 0.242 e. The van der Waals surface area contributed by atoms with E-state index in [-0.39, 0.29) is 4.90 Å². The molecule has 0 bridgehead atoms. The molecule has 0 radical (unpaired) electrons. The number of hydrogen-bond donors (Lipinski definition) is 2. The summed E-state index contributed by atoms with van der Waals surface area (Å²) in [5.74, 6) is 0. The van der Waals surface area contributed by atoms with E-state index >= 15 is 0 Å². The van der Waals surface area contributed by atoms with E-state index in [1.54, 1.807) is 29.3 Å². The van der Waals surface area contributed by atoms with Gasteiger partial charge < -0.3 is 5.32 Å². The minimum atomic E-state index is -3.48. The number of benzene rings is 2. The van der Waals surface area contributed by atoms with Crippen molar-refractivity contribution in [3.63, 3.8) is 0 Å². The number of sulfonamides is 1. The normalized spacial score (nSPS) is 11.2. The average Bonchev–Trinajstić information content (AvgIpc) is 2.55. The largest absolute Gasteiger partial charge is 0.331 e. The number of hydrazine groups is 1. The van der Waals surface area contributed by atoms with Gasteiger partial charge in [-0.05, 0) is 42.5 Å². The molecule has 0 amide bonds. The van der Waals surface area contributed by atoms with Crippen LogP contribution in [0.1, 0.15) is 0 Å². The summed E-state index contributed by atoms with van der Waals surface area (Å²) in [6, 6.07) is 16.2. The molecule has 0 atom stereocenters. The first-order valence-corrected chi connectivity index (χ1v) is 9.04. The fourth-order valence-electron chi connectivity index (χ4n) is 1.97. The van der Waals surface area contributed by atoms with E-state index in [1.807, 2.05) is 37.4 Å². The Hall–Kier alpha value is -2.16. The zero-order chi connectivity index (χ0) is 17.7. The second kappa shape index (κ2) is 7.61. The Morgan fingerprint density at radius 2 is 1.67 bits per heavy atom. The lowest BCUT2D eigenvalue weighted by atomic mass is 10.3. The molecule has 0 aliphatic carbocycles. The van der Waals surface area contributed by atoms with Crippen LogP contribution in [0.3, 0.4) is 0 Å². The van der Waals surface area contributed by atoms with Crippen molar-refractivity contribution in [2.75, 3.05) is 31.5 Å². The van der Waals surface area contributed by atoms with Gasteiger partial charge in [-0.15, -0.1) is 0 Å². The number of anilines is 2. The van der Waals surface area contributed by atoms with Gasteiger partial charge >= 0.3 is 0 Å². The van der Waals surface area contributed by atoms with Gasteiger partial charge in [-0.1, -0.05) is 24.3 Å². The van der Waals surface area contributed by atoms with Crippen LogP contribution in [-0.2, 0) is 10.0 Å². The monoisotopic (exact) mass is 364 g/mol. The predicted octanol–water partition coefficient (Wildman–Crippen LogP) is 2.27. The summed E-state index contributed by atoms with van der Waals surface area (Å²) in [6.07, 6.45) is 0. The molecule has 0 aliphatic heterocycles. The standard InChI is InChI=1S/C16H20N4O2S2/c1-19(2)24(21,22)15-11-7-8-13(12-15)17-16(23)18-20(3)14-9-5-4-6-10-14/h4-12H,1-3H3,(H2,17,18,23). The highest BCUT2D eigenvalue weighted by Gasteiger charge is 2.17. The molecular weight excluding hydrogens is 344 g/mol. The Bertz CT molecular complexity index is 808. The van der Waals surface area contributed by atoms with E-state index < -0.39 is 10.0 Å². The average molecular weight is 364 g/mol. The first-order valence-electron chi connectivity index (χ1n) is 7.20. The molecule has 0 unspecified atom stereocenters. The van der Waals surface area contributed by atoms with Crippen LogP contribution in [0.5, 0.6) is 0 Å². The molecule has 0 heterocycles. The second-order valence-corrected chi connectivity index (χ2v) is 7.84. The Morgan fingerprint density at radius 3 is 2.29 bits per heavy atom. The molecule has 0 saturated carbocycles. The number of rotatable bonds is 5. The fraction of sp³-hybridized carbons (Fsp3) is 0.188. The molecule has 128 valence electrons. The van der Waals surface area contributed by atoms with E-state index in [0.29, 0.717) is 10.8 Å². The van der Waals surface area contributed by atoms with Crippen LogP contribution in [0.25, 0.3) is 0 Å². The van der Waals surface area contributed by atoms with Crippen LogP contribution < -0.4 is 15.8 Å². The molecule has 0 aliphatic rings. The van der Waals surface area contributed by atoms with Crippen molar-refractivity contribution in [1.29, 1.82) is 0 Å². The molecule has 24 heavy (non-hydrogen) atoms. The number of hydrogen-bond acceptors (Lipinski definition) is 4. The van der Waals surface area contributed by atoms with Gasteiger partial charge in [0, 0.05) is 26.8 Å². The highest BCUT2D eigenvalue weighted by molar-refractivity contribution is 7.89. The summed E-state index contributed by atoms with van der Waals surface area (Å²) in [4.78, 5) is 0.205. The van der Waals surface area contributed by atoms with Gasteiger partial charge in [0.1, 0.15) is 0 Å².